The van der Waals surface area contributed by atoms with E-state index >= 15 is 0 Å². The summed E-state index contributed by atoms with van der Waals surface area (Å²) in [6.07, 6.45) is 4.15. The van der Waals surface area contributed by atoms with Gasteiger partial charge in [0.25, 0.3) is 5.91 Å². The fourth-order valence-corrected chi connectivity index (χ4v) is 5.51. The number of fused-ring (bicyclic) bond motifs is 2. The van der Waals surface area contributed by atoms with Gasteiger partial charge < -0.3 is 24.6 Å². The molecule has 0 aromatic heterocycles. The van der Waals surface area contributed by atoms with Crippen molar-refractivity contribution < 1.29 is 33.7 Å². The third kappa shape index (κ3) is 11.0. The van der Waals surface area contributed by atoms with Crippen molar-refractivity contribution in [1.29, 1.82) is 0 Å². The molecular weight excluding hydrogens is 582 g/mol. The molecule has 0 aliphatic heterocycles. The molecule has 0 bridgehead atoms. The average Bonchev–Trinajstić information content (AvgIpc) is 3.06. The van der Waals surface area contributed by atoms with Crippen molar-refractivity contribution in [2.75, 3.05) is 26.4 Å². The Hall–Kier alpha value is -4.27. The highest BCUT2D eigenvalue weighted by molar-refractivity contribution is 5.89. The number of ether oxygens (including phenoxy) is 3. The predicted octanol–water partition coefficient (Wildman–Crippen LogP) is 6.65. The summed E-state index contributed by atoms with van der Waals surface area (Å²) in [5, 5.41) is 16.9. The molecule has 0 aliphatic rings. The minimum Gasteiger partial charge on any atom is -0.480 e. The fourth-order valence-electron chi connectivity index (χ4n) is 5.51. The molecular formula is C38H45NO7. The van der Waals surface area contributed by atoms with Crippen LogP contribution in [0.1, 0.15) is 56.6 Å². The molecule has 0 saturated carbocycles. The van der Waals surface area contributed by atoms with E-state index < -0.39 is 36.7 Å². The van der Waals surface area contributed by atoms with Gasteiger partial charge in [-0.25, -0.2) is 9.59 Å². The van der Waals surface area contributed by atoms with E-state index in [1.54, 1.807) is 6.92 Å². The Morgan fingerprint density at radius 3 is 1.80 bits per heavy atom. The van der Waals surface area contributed by atoms with Crippen LogP contribution >= 0.6 is 0 Å². The van der Waals surface area contributed by atoms with Gasteiger partial charge in [-0.2, -0.15) is 0 Å². The quantitative estimate of drug-likeness (QED) is 0.0834. The lowest BCUT2D eigenvalue weighted by Crippen LogP contribution is -2.50. The molecule has 0 saturated heterocycles. The first-order valence-electron chi connectivity index (χ1n) is 16.3. The Labute approximate surface area is 271 Å². The lowest BCUT2D eigenvalue weighted by atomic mass is 10.0. The molecule has 0 aliphatic carbocycles. The Bertz CT molecular complexity index is 1570. The smallest absolute Gasteiger partial charge is 0.338 e. The van der Waals surface area contributed by atoms with Gasteiger partial charge in [-0.05, 0) is 78.1 Å². The number of benzene rings is 4. The maximum Gasteiger partial charge on any atom is 0.338 e. The SMILES string of the molecule is CCOC(=O)[C@H](OCC(=O)O)[C@@H](OCCCCCc1ccc2ccccc2c1)C(=O)NCCCCCc1ccc2ccccc2c1. The Morgan fingerprint density at radius 2 is 1.24 bits per heavy atom. The third-order valence-electron chi connectivity index (χ3n) is 7.92. The molecule has 8 heteroatoms. The highest BCUT2D eigenvalue weighted by Gasteiger charge is 2.37. The van der Waals surface area contributed by atoms with Crippen LogP contribution in [-0.4, -0.2) is 61.5 Å². The number of carbonyl (C=O) groups excluding carboxylic acids is 2. The number of hydrogen-bond donors (Lipinski definition) is 2. The molecule has 2 N–H and O–H groups in total. The van der Waals surface area contributed by atoms with Crippen molar-refractivity contribution >= 4 is 39.4 Å². The van der Waals surface area contributed by atoms with Crippen LogP contribution in [0.25, 0.3) is 21.5 Å². The first-order valence-corrected chi connectivity index (χ1v) is 16.3. The summed E-state index contributed by atoms with van der Waals surface area (Å²) in [5.74, 6) is -2.60. The van der Waals surface area contributed by atoms with Crippen molar-refractivity contribution in [3.63, 3.8) is 0 Å². The summed E-state index contributed by atoms with van der Waals surface area (Å²) in [6.45, 7) is 1.56. The van der Waals surface area contributed by atoms with Gasteiger partial charge in [-0.1, -0.05) is 97.8 Å². The number of carbonyl (C=O) groups is 3. The van der Waals surface area contributed by atoms with E-state index in [0.717, 1.165) is 44.9 Å². The Morgan fingerprint density at radius 1 is 0.674 bits per heavy atom. The largest absolute Gasteiger partial charge is 0.480 e. The normalized spacial score (nSPS) is 12.5. The molecule has 0 fully saturated rings. The number of hydrogen-bond acceptors (Lipinski definition) is 6. The van der Waals surface area contributed by atoms with Gasteiger partial charge in [-0.3, -0.25) is 4.79 Å². The monoisotopic (exact) mass is 627 g/mol. The van der Waals surface area contributed by atoms with Crippen molar-refractivity contribution in [2.45, 2.75) is 70.5 Å². The molecule has 8 nitrogen and oxygen atoms in total. The molecule has 1 amide bonds. The first-order chi connectivity index (χ1) is 22.4. The summed E-state index contributed by atoms with van der Waals surface area (Å²) in [6, 6.07) is 29.6. The second-order valence-electron chi connectivity index (χ2n) is 11.4. The van der Waals surface area contributed by atoms with Gasteiger partial charge in [-0.15, -0.1) is 0 Å². The highest BCUT2D eigenvalue weighted by atomic mass is 16.6. The second-order valence-corrected chi connectivity index (χ2v) is 11.4. The molecule has 0 unspecified atom stereocenters. The molecule has 4 aromatic rings. The molecule has 4 rings (SSSR count). The van der Waals surface area contributed by atoms with Crippen LogP contribution in [-0.2, 0) is 41.4 Å². The van der Waals surface area contributed by atoms with E-state index in [1.165, 1.54) is 32.7 Å². The fraction of sp³-hybridized carbons (Fsp3) is 0.395. The summed E-state index contributed by atoms with van der Waals surface area (Å²) < 4.78 is 16.4. The number of nitrogens with one attached hydrogen (secondary N) is 1. The van der Waals surface area contributed by atoms with Crippen LogP contribution in [0, 0.1) is 0 Å². The first kappa shape index (κ1) is 34.6. The number of aliphatic carboxylic acids is 1. The standard InChI is InChI=1S/C38H45NO7/c1-2-44-38(43)36(46-27-34(40)41)35(45-24-12-4-6-14-29-20-22-31-16-8-10-18-33(31)26-29)37(42)39-23-11-3-5-13-28-19-21-30-15-7-9-17-32(30)25-28/h7-10,15-22,25-26,35-36H,2-6,11-14,23-24,27H2,1H3,(H,39,42)(H,40,41)/t35-,36-/m1/s1. The van der Waals surface area contributed by atoms with Gasteiger partial charge in [0.15, 0.2) is 12.2 Å². The van der Waals surface area contributed by atoms with E-state index in [1.807, 2.05) is 24.3 Å². The van der Waals surface area contributed by atoms with Gasteiger partial charge in [0, 0.05) is 13.2 Å². The number of rotatable bonds is 20. The van der Waals surface area contributed by atoms with Crippen molar-refractivity contribution in [1.82, 2.24) is 5.32 Å². The van der Waals surface area contributed by atoms with Gasteiger partial charge in [0.05, 0.1) is 6.61 Å². The zero-order chi connectivity index (χ0) is 32.6. The molecule has 4 aromatic carbocycles. The van der Waals surface area contributed by atoms with E-state index in [2.05, 4.69) is 66.0 Å². The van der Waals surface area contributed by atoms with Crippen LogP contribution < -0.4 is 5.32 Å². The molecule has 244 valence electrons. The number of amides is 1. The van der Waals surface area contributed by atoms with Crippen LogP contribution in [0.3, 0.4) is 0 Å². The summed E-state index contributed by atoms with van der Waals surface area (Å²) in [7, 11) is 0. The van der Waals surface area contributed by atoms with Crippen LogP contribution in [0.15, 0.2) is 84.9 Å². The van der Waals surface area contributed by atoms with Gasteiger partial charge >= 0.3 is 11.9 Å². The molecule has 0 heterocycles. The topological polar surface area (TPSA) is 111 Å². The number of esters is 1. The van der Waals surface area contributed by atoms with Gasteiger partial charge in [0.2, 0.25) is 0 Å². The summed E-state index contributed by atoms with van der Waals surface area (Å²) in [4.78, 5) is 37.2. The lowest BCUT2D eigenvalue weighted by Gasteiger charge is -2.25. The van der Waals surface area contributed by atoms with Crippen molar-refractivity contribution in [3.8, 4) is 0 Å². The van der Waals surface area contributed by atoms with E-state index in [0.29, 0.717) is 13.0 Å². The van der Waals surface area contributed by atoms with E-state index in [9.17, 15) is 14.4 Å². The molecule has 0 spiro atoms. The van der Waals surface area contributed by atoms with Crippen LogP contribution in [0.4, 0.5) is 0 Å². The predicted molar refractivity (Wildman–Crippen MR) is 180 cm³/mol. The Balaban J connectivity index is 1.24. The highest BCUT2D eigenvalue weighted by Crippen LogP contribution is 2.19. The van der Waals surface area contributed by atoms with Crippen LogP contribution in [0.2, 0.25) is 0 Å². The minimum absolute atomic E-state index is 0.0616. The van der Waals surface area contributed by atoms with Crippen LogP contribution in [0.5, 0.6) is 0 Å². The van der Waals surface area contributed by atoms with Crippen molar-refractivity contribution in [2.24, 2.45) is 0 Å². The number of unbranched alkanes of at least 4 members (excludes halogenated alkanes) is 4. The zero-order valence-corrected chi connectivity index (χ0v) is 26.6. The van der Waals surface area contributed by atoms with E-state index in [-0.39, 0.29) is 13.2 Å². The maximum absolute atomic E-state index is 13.3. The summed E-state index contributed by atoms with van der Waals surface area (Å²) >= 11 is 0. The third-order valence-corrected chi connectivity index (χ3v) is 7.92. The lowest BCUT2D eigenvalue weighted by molar-refractivity contribution is -0.176. The maximum atomic E-state index is 13.3. The number of aryl methyl sites for hydroxylation is 2. The minimum atomic E-state index is -1.48. The second kappa shape index (κ2) is 18.6. The molecule has 0 radical (unpaired) electrons. The number of carboxylic acids is 1. The summed E-state index contributed by atoms with van der Waals surface area (Å²) in [5.41, 5.74) is 2.54. The molecule has 2 atom stereocenters. The van der Waals surface area contributed by atoms with Crippen molar-refractivity contribution in [3.05, 3.63) is 96.1 Å². The average molecular weight is 628 g/mol. The van der Waals surface area contributed by atoms with E-state index in [4.69, 9.17) is 19.3 Å². The zero-order valence-electron chi connectivity index (χ0n) is 26.6. The molecule has 46 heavy (non-hydrogen) atoms. The van der Waals surface area contributed by atoms with Gasteiger partial charge in [0.1, 0.15) is 6.61 Å². The Kier molecular flexibility index (Phi) is 14.0. The number of carboxylic acid groups (broad SMARTS) is 1.